The summed E-state index contributed by atoms with van der Waals surface area (Å²) in [6.45, 7) is 9.48. The fourth-order valence-corrected chi connectivity index (χ4v) is 4.48. The molecule has 0 aliphatic heterocycles. The number of methoxy groups -OCH3 is 1. The first kappa shape index (κ1) is 23.7. The molecule has 0 aromatic heterocycles. The first-order chi connectivity index (χ1) is 12.8. The van der Waals surface area contributed by atoms with Crippen molar-refractivity contribution in [2.75, 3.05) is 13.7 Å². The number of hydrogen-bond donors (Lipinski definition) is 3. The predicted octanol–water partition coefficient (Wildman–Crippen LogP) is 3.20. The number of carbonyl (C=O) groups excluding carboxylic acids is 1. The molecule has 3 rings (SSSR count). The van der Waals surface area contributed by atoms with E-state index in [1.54, 1.807) is 7.11 Å². The van der Waals surface area contributed by atoms with Gasteiger partial charge in [0.15, 0.2) is 5.96 Å². The molecule has 0 saturated heterocycles. The number of halogens is 1. The molecule has 6 nitrogen and oxygen atoms in total. The van der Waals surface area contributed by atoms with Gasteiger partial charge in [-0.05, 0) is 52.4 Å². The van der Waals surface area contributed by atoms with Crippen LogP contribution in [0.5, 0.6) is 0 Å². The van der Waals surface area contributed by atoms with E-state index in [0.29, 0.717) is 18.1 Å². The molecule has 0 aromatic carbocycles. The van der Waals surface area contributed by atoms with Crippen LogP contribution < -0.4 is 16.0 Å². The van der Waals surface area contributed by atoms with Crippen molar-refractivity contribution in [2.45, 2.75) is 96.4 Å². The van der Waals surface area contributed by atoms with Gasteiger partial charge in [0.05, 0.1) is 5.60 Å². The highest BCUT2D eigenvalue weighted by Crippen LogP contribution is 2.51. The van der Waals surface area contributed by atoms with Gasteiger partial charge in [-0.3, -0.25) is 9.79 Å². The number of amides is 1. The third-order valence-electron chi connectivity index (χ3n) is 7.22. The number of aliphatic imine (C=N–C) groups is 1. The Bertz CT molecular complexity index is 579. The van der Waals surface area contributed by atoms with Crippen LogP contribution in [-0.2, 0) is 9.53 Å². The molecule has 3 aliphatic rings. The average Bonchev–Trinajstić information content (AvgIpc) is 3.45. The number of guanidine groups is 1. The molecule has 0 spiro atoms. The summed E-state index contributed by atoms with van der Waals surface area (Å²) in [4.78, 5) is 17.1. The zero-order valence-corrected chi connectivity index (χ0v) is 20.5. The van der Waals surface area contributed by atoms with E-state index in [1.807, 2.05) is 0 Å². The number of nitrogens with one attached hydrogen (secondary N) is 3. The van der Waals surface area contributed by atoms with Crippen LogP contribution in [0.15, 0.2) is 4.99 Å². The van der Waals surface area contributed by atoms with Crippen molar-refractivity contribution >= 4 is 35.8 Å². The summed E-state index contributed by atoms with van der Waals surface area (Å²) < 4.78 is 5.74. The first-order valence-electron chi connectivity index (χ1n) is 10.7. The maximum atomic E-state index is 12.4. The standard InChI is InChI=1S/C21H38N4O2.HI/c1-6-22-19(25-17-13-21(4,27-5)20(17,2)3)24-16-9-7-8-14(12-16)18(26)23-15-10-11-15;/h14-17H,6-13H2,1-5H3,(H,23,26)(H2,22,24,25);1H. The molecule has 3 saturated carbocycles. The normalized spacial score (nSPS) is 34.6. The molecule has 7 heteroatoms. The quantitative estimate of drug-likeness (QED) is 0.294. The SMILES string of the molecule is CCN=C(NC1CCCC(C(=O)NC2CC2)C1)NC1CC(C)(OC)C1(C)C.I. The molecule has 4 unspecified atom stereocenters. The van der Waals surface area contributed by atoms with Gasteiger partial charge in [0.25, 0.3) is 0 Å². The first-order valence-corrected chi connectivity index (χ1v) is 10.7. The molecule has 162 valence electrons. The predicted molar refractivity (Wildman–Crippen MR) is 124 cm³/mol. The van der Waals surface area contributed by atoms with Gasteiger partial charge in [0.1, 0.15) is 0 Å². The lowest BCUT2D eigenvalue weighted by Gasteiger charge is -2.59. The molecule has 28 heavy (non-hydrogen) atoms. The maximum Gasteiger partial charge on any atom is 0.223 e. The van der Waals surface area contributed by atoms with Crippen molar-refractivity contribution in [2.24, 2.45) is 16.3 Å². The minimum atomic E-state index is -0.0984. The van der Waals surface area contributed by atoms with Crippen molar-refractivity contribution in [1.82, 2.24) is 16.0 Å². The molecule has 3 fully saturated rings. The van der Waals surface area contributed by atoms with Gasteiger partial charge in [-0.25, -0.2) is 0 Å². The third kappa shape index (κ3) is 5.12. The number of hydrogen-bond acceptors (Lipinski definition) is 3. The van der Waals surface area contributed by atoms with Crippen LogP contribution in [0.25, 0.3) is 0 Å². The van der Waals surface area contributed by atoms with E-state index >= 15 is 0 Å². The summed E-state index contributed by atoms with van der Waals surface area (Å²) in [5, 5.41) is 10.4. The molecular weight excluding hydrogens is 467 g/mol. The highest BCUT2D eigenvalue weighted by atomic mass is 127. The summed E-state index contributed by atoms with van der Waals surface area (Å²) in [7, 11) is 1.80. The van der Waals surface area contributed by atoms with Gasteiger partial charge in [-0.2, -0.15) is 0 Å². The lowest BCUT2D eigenvalue weighted by Crippen LogP contribution is -2.69. The van der Waals surface area contributed by atoms with Crippen molar-refractivity contribution in [3.05, 3.63) is 0 Å². The molecule has 1 amide bonds. The second-order valence-electron chi connectivity index (χ2n) is 9.37. The van der Waals surface area contributed by atoms with Crippen molar-refractivity contribution < 1.29 is 9.53 Å². The molecular formula is C21H39IN4O2. The number of nitrogens with zero attached hydrogens (tertiary/aromatic N) is 1. The van der Waals surface area contributed by atoms with Crippen molar-refractivity contribution in [1.29, 1.82) is 0 Å². The van der Waals surface area contributed by atoms with Gasteiger partial charge in [0.2, 0.25) is 5.91 Å². The monoisotopic (exact) mass is 506 g/mol. The minimum absolute atomic E-state index is 0. The van der Waals surface area contributed by atoms with Crippen LogP contribution in [0.2, 0.25) is 0 Å². The van der Waals surface area contributed by atoms with Crippen molar-refractivity contribution in [3.63, 3.8) is 0 Å². The summed E-state index contributed by atoms with van der Waals surface area (Å²) in [5.74, 6) is 1.26. The van der Waals surface area contributed by atoms with E-state index in [2.05, 4.69) is 48.6 Å². The van der Waals surface area contributed by atoms with Crippen LogP contribution in [-0.4, -0.2) is 49.2 Å². The second-order valence-corrected chi connectivity index (χ2v) is 9.37. The van der Waals surface area contributed by atoms with E-state index in [0.717, 1.165) is 57.5 Å². The second kappa shape index (κ2) is 9.49. The Morgan fingerprint density at radius 2 is 1.79 bits per heavy atom. The molecule has 0 radical (unpaired) electrons. The zero-order chi connectivity index (χ0) is 19.7. The largest absolute Gasteiger partial charge is 0.378 e. The van der Waals surface area contributed by atoms with Crippen LogP contribution in [0, 0.1) is 11.3 Å². The average molecular weight is 506 g/mol. The van der Waals surface area contributed by atoms with Gasteiger partial charge >= 0.3 is 0 Å². The highest BCUT2D eigenvalue weighted by molar-refractivity contribution is 14.0. The Balaban J connectivity index is 0.00000280. The van der Waals surface area contributed by atoms with Crippen molar-refractivity contribution in [3.8, 4) is 0 Å². The molecule has 3 aliphatic carbocycles. The Morgan fingerprint density at radius 1 is 1.07 bits per heavy atom. The van der Waals surface area contributed by atoms with Crippen LogP contribution >= 0.6 is 24.0 Å². The molecule has 0 bridgehead atoms. The van der Waals surface area contributed by atoms with Crippen LogP contribution in [0.1, 0.15) is 72.6 Å². The fourth-order valence-electron chi connectivity index (χ4n) is 4.48. The highest BCUT2D eigenvalue weighted by Gasteiger charge is 2.58. The van der Waals surface area contributed by atoms with E-state index in [1.165, 1.54) is 0 Å². The van der Waals surface area contributed by atoms with E-state index in [9.17, 15) is 4.79 Å². The zero-order valence-electron chi connectivity index (χ0n) is 18.1. The number of carbonyl (C=O) groups is 1. The summed E-state index contributed by atoms with van der Waals surface area (Å²) in [5.41, 5.74) is -0.0595. The van der Waals surface area contributed by atoms with E-state index in [4.69, 9.17) is 4.74 Å². The number of rotatable bonds is 6. The molecule has 0 aromatic rings. The summed E-state index contributed by atoms with van der Waals surface area (Å²) in [6, 6.07) is 1.09. The summed E-state index contributed by atoms with van der Waals surface area (Å²) >= 11 is 0. The van der Waals surface area contributed by atoms with Crippen LogP contribution in [0.4, 0.5) is 0 Å². The van der Waals surface area contributed by atoms with E-state index in [-0.39, 0.29) is 46.8 Å². The topological polar surface area (TPSA) is 74.8 Å². The Kier molecular flexibility index (Phi) is 8.04. The van der Waals surface area contributed by atoms with Gasteiger partial charge < -0.3 is 20.7 Å². The van der Waals surface area contributed by atoms with Gasteiger partial charge in [-0.15, -0.1) is 24.0 Å². The Morgan fingerprint density at radius 3 is 2.36 bits per heavy atom. The summed E-state index contributed by atoms with van der Waals surface area (Å²) in [6.07, 6.45) is 7.36. The third-order valence-corrected chi connectivity index (χ3v) is 7.22. The minimum Gasteiger partial charge on any atom is -0.378 e. The van der Waals surface area contributed by atoms with Crippen LogP contribution in [0.3, 0.4) is 0 Å². The molecule has 4 atom stereocenters. The number of ether oxygens (including phenoxy) is 1. The Labute approximate surface area is 187 Å². The van der Waals surface area contributed by atoms with E-state index < -0.39 is 0 Å². The lowest BCUT2D eigenvalue weighted by molar-refractivity contribution is -0.176. The van der Waals surface area contributed by atoms with Gasteiger partial charge in [0, 0.05) is 43.1 Å². The smallest absolute Gasteiger partial charge is 0.223 e. The lowest BCUT2D eigenvalue weighted by atomic mass is 9.56. The Hall–Kier alpha value is -0.570. The fraction of sp³-hybridized carbons (Fsp3) is 0.905. The van der Waals surface area contributed by atoms with Gasteiger partial charge in [-0.1, -0.05) is 20.3 Å². The molecule has 0 heterocycles. The molecule has 3 N–H and O–H groups in total. The maximum absolute atomic E-state index is 12.4.